The molecular weight excluding hydrogens is 300 g/mol. The fourth-order valence-electron chi connectivity index (χ4n) is 4.15. The molecular formula is C20H30N2O2. The number of hydrogen-bond donors (Lipinski definition) is 2. The average molecular weight is 330 g/mol. The van der Waals surface area contributed by atoms with E-state index in [9.17, 15) is 9.90 Å². The monoisotopic (exact) mass is 330 g/mol. The molecule has 1 atom stereocenters. The number of aliphatic carboxylic acids is 1. The first-order valence-corrected chi connectivity index (χ1v) is 9.48. The second kappa shape index (κ2) is 8.63. The van der Waals surface area contributed by atoms with E-state index < -0.39 is 12.0 Å². The van der Waals surface area contributed by atoms with Crippen molar-refractivity contribution < 1.29 is 9.90 Å². The maximum absolute atomic E-state index is 11.2. The van der Waals surface area contributed by atoms with Gasteiger partial charge in [0, 0.05) is 6.04 Å². The Kier molecular flexibility index (Phi) is 6.27. The molecule has 4 nitrogen and oxygen atoms in total. The Morgan fingerprint density at radius 3 is 2.00 bits per heavy atom. The third-order valence-electron chi connectivity index (χ3n) is 5.70. The highest BCUT2D eigenvalue weighted by atomic mass is 16.4. The van der Waals surface area contributed by atoms with Crippen molar-refractivity contribution in [1.29, 1.82) is 0 Å². The van der Waals surface area contributed by atoms with Crippen LogP contribution in [0.25, 0.3) is 0 Å². The highest BCUT2D eigenvalue weighted by Gasteiger charge is 2.25. The summed E-state index contributed by atoms with van der Waals surface area (Å²) in [6.07, 6.45) is 9.06. The number of hydrogen-bond acceptors (Lipinski definition) is 3. The number of carboxylic acid groups (broad SMARTS) is 1. The van der Waals surface area contributed by atoms with E-state index in [4.69, 9.17) is 0 Å². The predicted molar refractivity (Wildman–Crippen MR) is 96.0 cm³/mol. The summed E-state index contributed by atoms with van der Waals surface area (Å²) in [5.74, 6) is 0.318. The van der Waals surface area contributed by atoms with Crippen LogP contribution in [0.15, 0.2) is 30.3 Å². The van der Waals surface area contributed by atoms with Gasteiger partial charge in [-0.15, -0.1) is 0 Å². The molecule has 5 rings (SSSR count). The van der Waals surface area contributed by atoms with Crippen molar-refractivity contribution in [1.82, 2.24) is 10.2 Å². The van der Waals surface area contributed by atoms with E-state index in [0.29, 0.717) is 6.04 Å². The van der Waals surface area contributed by atoms with E-state index in [2.05, 4.69) is 10.2 Å². The van der Waals surface area contributed by atoms with Crippen LogP contribution in [0.2, 0.25) is 0 Å². The van der Waals surface area contributed by atoms with E-state index in [-0.39, 0.29) is 0 Å². The van der Waals surface area contributed by atoms with Crippen LogP contribution in [0, 0.1) is 5.92 Å². The van der Waals surface area contributed by atoms with Crippen LogP contribution in [0.5, 0.6) is 0 Å². The smallest absolute Gasteiger partial charge is 0.325 e. The second-order valence-electron chi connectivity index (χ2n) is 7.40. The molecule has 1 unspecified atom stereocenters. The summed E-state index contributed by atoms with van der Waals surface area (Å²) in [6, 6.07) is 9.17. The molecule has 3 aliphatic heterocycles. The Morgan fingerprint density at radius 1 is 1.00 bits per heavy atom. The van der Waals surface area contributed by atoms with Crippen LogP contribution >= 0.6 is 0 Å². The molecule has 2 N–H and O–H groups in total. The van der Waals surface area contributed by atoms with Crippen LogP contribution in [-0.2, 0) is 4.79 Å². The largest absolute Gasteiger partial charge is 0.480 e. The van der Waals surface area contributed by atoms with Crippen molar-refractivity contribution >= 4 is 5.97 Å². The third kappa shape index (κ3) is 4.81. The number of fused-ring (bicyclic) bond motifs is 3. The topological polar surface area (TPSA) is 52.6 Å². The summed E-state index contributed by atoms with van der Waals surface area (Å²) < 4.78 is 0. The van der Waals surface area contributed by atoms with E-state index in [1.807, 2.05) is 30.3 Å². The summed E-state index contributed by atoms with van der Waals surface area (Å²) in [5.41, 5.74) is 0.835. The van der Waals surface area contributed by atoms with Gasteiger partial charge in [-0.25, -0.2) is 0 Å². The number of carbonyl (C=O) groups is 1. The van der Waals surface area contributed by atoms with Gasteiger partial charge in [0.2, 0.25) is 0 Å². The minimum Gasteiger partial charge on any atom is -0.480 e. The van der Waals surface area contributed by atoms with Gasteiger partial charge in [0.1, 0.15) is 6.04 Å². The average Bonchev–Trinajstić information content (AvgIpc) is 3.16. The molecule has 4 fully saturated rings. The molecule has 0 amide bonds. The van der Waals surface area contributed by atoms with Crippen LogP contribution in [0.4, 0.5) is 0 Å². The Hall–Kier alpha value is -1.39. The quantitative estimate of drug-likeness (QED) is 0.888. The van der Waals surface area contributed by atoms with Gasteiger partial charge in [-0.05, 0) is 63.2 Å². The zero-order valence-corrected chi connectivity index (χ0v) is 14.5. The second-order valence-corrected chi connectivity index (χ2v) is 7.40. The van der Waals surface area contributed by atoms with Crippen LogP contribution in [-0.4, -0.2) is 41.7 Å². The minimum atomic E-state index is -0.793. The SMILES string of the molecule is C1CN2CCC1CC2.O=C(O)C(NC1CCCC1)c1ccccc1. The van der Waals surface area contributed by atoms with Gasteiger partial charge in [0.15, 0.2) is 0 Å². The van der Waals surface area contributed by atoms with Gasteiger partial charge >= 0.3 is 5.97 Å². The lowest BCUT2D eigenvalue weighted by Crippen LogP contribution is -2.41. The molecule has 1 aromatic rings. The molecule has 132 valence electrons. The van der Waals surface area contributed by atoms with E-state index in [1.165, 1.54) is 51.7 Å². The highest BCUT2D eigenvalue weighted by molar-refractivity contribution is 5.75. The number of nitrogens with zero attached hydrogens (tertiary/aromatic N) is 1. The van der Waals surface area contributed by atoms with E-state index in [0.717, 1.165) is 24.3 Å². The number of piperidine rings is 3. The lowest BCUT2D eigenvalue weighted by atomic mass is 9.89. The van der Waals surface area contributed by atoms with Crippen molar-refractivity contribution in [3.63, 3.8) is 0 Å². The van der Waals surface area contributed by atoms with Crippen molar-refractivity contribution in [2.24, 2.45) is 5.92 Å². The molecule has 0 spiro atoms. The summed E-state index contributed by atoms with van der Waals surface area (Å²) >= 11 is 0. The molecule has 0 radical (unpaired) electrons. The van der Waals surface area contributed by atoms with Crippen LogP contribution in [0.3, 0.4) is 0 Å². The number of rotatable bonds is 4. The van der Waals surface area contributed by atoms with Crippen LogP contribution in [0.1, 0.15) is 56.6 Å². The number of carboxylic acids is 1. The zero-order chi connectivity index (χ0) is 16.8. The first kappa shape index (κ1) is 17.4. The molecule has 1 saturated carbocycles. The lowest BCUT2D eigenvalue weighted by Gasteiger charge is -2.38. The summed E-state index contributed by atoms with van der Waals surface area (Å²) in [5, 5.41) is 12.5. The van der Waals surface area contributed by atoms with Gasteiger partial charge in [-0.3, -0.25) is 10.1 Å². The highest BCUT2D eigenvalue weighted by Crippen LogP contribution is 2.26. The minimum absolute atomic E-state index is 0.362. The van der Waals surface area contributed by atoms with Crippen molar-refractivity contribution in [3.8, 4) is 0 Å². The standard InChI is InChI=1S/C13H17NO2.C7H13N/c15-13(16)12(10-6-2-1-3-7-10)14-11-8-4-5-9-11;1-4-8-5-2-7(1)3-6-8/h1-3,6-7,11-12,14H,4-5,8-9H2,(H,15,16);7H,1-6H2. The molecule has 4 heteroatoms. The molecule has 24 heavy (non-hydrogen) atoms. The number of benzene rings is 1. The van der Waals surface area contributed by atoms with Crippen molar-refractivity contribution in [3.05, 3.63) is 35.9 Å². The maximum Gasteiger partial charge on any atom is 0.325 e. The number of nitrogens with one attached hydrogen (secondary N) is 1. The van der Waals surface area contributed by atoms with Crippen molar-refractivity contribution in [2.75, 3.05) is 19.6 Å². The first-order valence-electron chi connectivity index (χ1n) is 9.48. The lowest BCUT2D eigenvalue weighted by molar-refractivity contribution is -0.139. The van der Waals surface area contributed by atoms with E-state index >= 15 is 0 Å². The van der Waals surface area contributed by atoms with Gasteiger partial charge in [0.05, 0.1) is 0 Å². The molecule has 3 saturated heterocycles. The Morgan fingerprint density at radius 2 is 1.58 bits per heavy atom. The fourth-order valence-corrected chi connectivity index (χ4v) is 4.15. The summed E-state index contributed by atoms with van der Waals surface area (Å²) in [7, 11) is 0. The van der Waals surface area contributed by atoms with Crippen molar-refractivity contribution in [2.45, 2.75) is 57.0 Å². The first-order chi connectivity index (χ1) is 11.7. The molecule has 0 aromatic heterocycles. The summed E-state index contributed by atoms with van der Waals surface area (Å²) in [4.78, 5) is 13.8. The van der Waals surface area contributed by atoms with E-state index in [1.54, 1.807) is 0 Å². The third-order valence-corrected chi connectivity index (χ3v) is 5.70. The van der Waals surface area contributed by atoms with Gasteiger partial charge in [0.25, 0.3) is 0 Å². The maximum atomic E-state index is 11.2. The zero-order valence-electron chi connectivity index (χ0n) is 14.5. The molecule has 2 bridgehead atoms. The van der Waals surface area contributed by atoms with Gasteiger partial charge < -0.3 is 10.0 Å². The predicted octanol–water partition coefficient (Wildman–Crippen LogP) is 3.45. The Labute approximate surface area is 145 Å². The fraction of sp³-hybridized carbons (Fsp3) is 0.650. The Balaban J connectivity index is 0.000000175. The van der Waals surface area contributed by atoms with Crippen LogP contribution < -0.4 is 5.32 Å². The molecule has 1 aliphatic carbocycles. The molecule has 3 heterocycles. The molecule has 4 aliphatic rings. The van der Waals surface area contributed by atoms with Gasteiger partial charge in [-0.2, -0.15) is 0 Å². The molecule has 1 aromatic carbocycles. The normalized spacial score (nSPS) is 27.3. The van der Waals surface area contributed by atoms with Gasteiger partial charge in [-0.1, -0.05) is 43.2 Å². The Bertz CT molecular complexity index is 483. The summed E-state index contributed by atoms with van der Waals surface area (Å²) in [6.45, 7) is 4.18.